The molecule has 2 aromatic heterocycles. The van der Waals surface area contributed by atoms with Gasteiger partial charge in [-0.3, -0.25) is 19.4 Å². The molecule has 1 amide bonds. The molecule has 0 saturated carbocycles. The van der Waals surface area contributed by atoms with Crippen LogP contribution in [0.15, 0.2) is 30.9 Å². The Bertz CT molecular complexity index is 628. The van der Waals surface area contributed by atoms with Crippen molar-refractivity contribution in [2.24, 2.45) is 0 Å². The average molecular weight is 301 g/mol. The van der Waals surface area contributed by atoms with E-state index in [1.165, 1.54) is 0 Å². The van der Waals surface area contributed by atoms with Gasteiger partial charge < -0.3 is 9.64 Å². The fourth-order valence-electron chi connectivity index (χ4n) is 2.49. The Morgan fingerprint density at radius 3 is 3.09 bits per heavy atom. The van der Waals surface area contributed by atoms with Crippen molar-refractivity contribution in [3.63, 3.8) is 0 Å². The third-order valence-electron chi connectivity index (χ3n) is 3.66. The van der Waals surface area contributed by atoms with Crippen molar-refractivity contribution in [3.8, 4) is 0 Å². The molecule has 116 valence electrons. The molecule has 0 spiro atoms. The zero-order valence-corrected chi connectivity index (χ0v) is 12.6. The van der Waals surface area contributed by atoms with Crippen LogP contribution < -0.4 is 0 Å². The minimum absolute atomic E-state index is 0.116. The number of amides is 1. The lowest BCUT2D eigenvalue weighted by atomic mass is 10.2. The van der Waals surface area contributed by atoms with Gasteiger partial charge in [-0.1, -0.05) is 0 Å². The number of hydrogen-bond donors (Lipinski definition) is 0. The third kappa shape index (κ3) is 3.48. The Kier molecular flexibility index (Phi) is 4.43. The largest absolute Gasteiger partial charge is 0.368 e. The minimum atomic E-state index is -0.196. The summed E-state index contributed by atoms with van der Waals surface area (Å²) in [7, 11) is 0. The maximum absolute atomic E-state index is 12.3. The molecule has 1 fully saturated rings. The molecule has 1 saturated heterocycles. The van der Waals surface area contributed by atoms with E-state index in [-0.39, 0.29) is 12.0 Å². The summed E-state index contributed by atoms with van der Waals surface area (Å²) < 4.78 is 7.50. The molecule has 0 unspecified atom stereocenters. The smallest absolute Gasteiger partial charge is 0.224 e. The Labute approximate surface area is 128 Å². The Balaban J connectivity index is 1.56. The number of carbonyl (C=O) groups is 1. The molecule has 3 heterocycles. The molecular formula is C15H19N5O2. The van der Waals surface area contributed by atoms with Gasteiger partial charge in [0.05, 0.1) is 30.7 Å². The zero-order chi connectivity index (χ0) is 15.4. The molecule has 1 aliphatic heterocycles. The summed E-state index contributed by atoms with van der Waals surface area (Å²) in [4.78, 5) is 22.5. The lowest BCUT2D eigenvalue weighted by Gasteiger charge is -2.32. The molecule has 7 nitrogen and oxygen atoms in total. The van der Waals surface area contributed by atoms with E-state index in [0.29, 0.717) is 32.7 Å². The molecule has 0 aliphatic carbocycles. The van der Waals surface area contributed by atoms with Crippen molar-refractivity contribution in [1.82, 2.24) is 24.6 Å². The van der Waals surface area contributed by atoms with E-state index >= 15 is 0 Å². The van der Waals surface area contributed by atoms with E-state index in [1.807, 2.05) is 24.1 Å². The van der Waals surface area contributed by atoms with Crippen LogP contribution in [0.25, 0.3) is 0 Å². The zero-order valence-electron chi connectivity index (χ0n) is 12.6. The average Bonchev–Trinajstić information content (AvgIpc) is 2.99. The van der Waals surface area contributed by atoms with Gasteiger partial charge in [0.2, 0.25) is 5.91 Å². The molecule has 3 rings (SSSR count). The number of nitrogens with zero attached hydrogens (tertiary/aromatic N) is 5. The molecule has 7 heteroatoms. The van der Waals surface area contributed by atoms with Crippen molar-refractivity contribution in [2.45, 2.75) is 26.0 Å². The molecule has 0 N–H and O–H groups in total. The summed E-state index contributed by atoms with van der Waals surface area (Å²) in [5.74, 6) is 0.116. The number of rotatable bonds is 4. The maximum atomic E-state index is 12.3. The first-order valence-electron chi connectivity index (χ1n) is 7.38. The first kappa shape index (κ1) is 14.6. The topological polar surface area (TPSA) is 73.1 Å². The molecule has 1 atom stereocenters. The van der Waals surface area contributed by atoms with Crippen molar-refractivity contribution in [2.75, 3.05) is 19.7 Å². The van der Waals surface area contributed by atoms with Crippen LogP contribution in [-0.4, -0.2) is 50.3 Å². The fraction of sp³-hybridized carbons (Fsp3) is 0.467. The van der Waals surface area contributed by atoms with Crippen LogP contribution in [0, 0.1) is 6.92 Å². The van der Waals surface area contributed by atoms with Crippen LogP contribution in [0.5, 0.6) is 0 Å². The Hall–Kier alpha value is -2.28. The quantitative estimate of drug-likeness (QED) is 0.841. The molecule has 0 bridgehead atoms. The summed E-state index contributed by atoms with van der Waals surface area (Å²) in [6.07, 6.45) is 7.09. The second-order valence-electron chi connectivity index (χ2n) is 5.30. The van der Waals surface area contributed by atoms with Crippen molar-refractivity contribution >= 4 is 5.91 Å². The lowest BCUT2D eigenvalue weighted by molar-refractivity contribution is -0.139. The van der Waals surface area contributed by atoms with Gasteiger partial charge in [-0.25, -0.2) is 0 Å². The van der Waals surface area contributed by atoms with Gasteiger partial charge in [0.1, 0.15) is 6.10 Å². The van der Waals surface area contributed by atoms with Gasteiger partial charge >= 0.3 is 0 Å². The van der Waals surface area contributed by atoms with E-state index in [1.54, 1.807) is 23.3 Å². The first-order valence-corrected chi connectivity index (χ1v) is 7.38. The second-order valence-corrected chi connectivity index (χ2v) is 5.30. The Morgan fingerprint density at radius 2 is 2.36 bits per heavy atom. The highest BCUT2D eigenvalue weighted by Gasteiger charge is 2.26. The highest BCUT2D eigenvalue weighted by Crippen LogP contribution is 2.20. The van der Waals surface area contributed by atoms with Crippen LogP contribution in [0.1, 0.15) is 23.9 Å². The SMILES string of the molecule is Cc1ccn(CCC(=O)N2CCO[C@@H](c3cnccn3)C2)n1. The van der Waals surface area contributed by atoms with Crippen molar-refractivity contribution in [3.05, 3.63) is 42.2 Å². The van der Waals surface area contributed by atoms with Gasteiger partial charge in [-0.2, -0.15) is 5.10 Å². The molecule has 0 radical (unpaired) electrons. The molecule has 0 aromatic carbocycles. The Morgan fingerprint density at radius 1 is 1.45 bits per heavy atom. The summed E-state index contributed by atoms with van der Waals surface area (Å²) in [5, 5.41) is 4.29. The van der Waals surface area contributed by atoms with Crippen LogP contribution >= 0.6 is 0 Å². The van der Waals surface area contributed by atoms with E-state index in [9.17, 15) is 4.79 Å². The maximum Gasteiger partial charge on any atom is 0.224 e. The summed E-state index contributed by atoms with van der Waals surface area (Å²) in [6.45, 7) is 4.20. The number of carbonyl (C=O) groups excluding carboxylic acids is 1. The predicted molar refractivity (Wildman–Crippen MR) is 78.9 cm³/mol. The summed E-state index contributed by atoms with van der Waals surface area (Å²) in [6, 6.07) is 1.93. The lowest BCUT2D eigenvalue weighted by Crippen LogP contribution is -2.42. The van der Waals surface area contributed by atoms with Crippen LogP contribution in [0.3, 0.4) is 0 Å². The van der Waals surface area contributed by atoms with Crippen molar-refractivity contribution in [1.29, 1.82) is 0 Å². The number of ether oxygens (including phenoxy) is 1. The van der Waals surface area contributed by atoms with Gasteiger partial charge in [-0.05, 0) is 13.0 Å². The molecule has 22 heavy (non-hydrogen) atoms. The molecular weight excluding hydrogens is 282 g/mol. The number of aryl methyl sites for hydroxylation is 2. The van der Waals surface area contributed by atoms with Crippen LogP contribution in [0.4, 0.5) is 0 Å². The fourth-order valence-corrected chi connectivity index (χ4v) is 2.49. The first-order chi connectivity index (χ1) is 10.7. The van der Waals surface area contributed by atoms with Crippen molar-refractivity contribution < 1.29 is 9.53 Å². The molecule has 2 aromatic rings. The number of morpholine rings is 1. The second kappa shape index (κ2) is 6.65. The van der Waals surface area contributed by atoms with Crippen LogP contribution in [-0.2, 0) is 16.1 Å². The third-order valence-corrected chi connectivity index (χ3v) is 3.66. The normalized spacial score (nSPS) is 18.4. The number of hydrogen-bond acceptors (Lipinski definition) is 5. The van der Waals surface area contributed by atoms with E-state index in [2.05, 4.69) is 15.1 Å². The number of aromatic nitrogens is 4. The summed E-state index contributed by atoms with van der Waals surface area (Å²) in [5.41, 5.74) is 1.73. The summed E-state index contributed by atoms with van der Waals surface area (Å²) >= 11 is 0. The highest BCUT2D eigenvalue weighted by molar-refractivity contribution is 5.76. The van der Waals surface area contributed by atoms with Gasteiger partial charge in [0, 0.05) is 38.1 Å². The van der Waals surface area contributed by atoms with E-state index < -0.39 is 0 Å². The van der Waals surface area contributed by atoms with E-state index in [4.69, 9.17) is 4.74 Å². The minimum Gasteiger partial charge on any atom is -0.368 e. The van der Waals surface area contributed by atoms with Crippen LogP contribution in [0.2, 0.25) is 0 Å². The molecule has 1 aliphatic rings. The standard InChI is InChI=1S/C15H19N5O2/c1-12-2-6-20(18-12)7-3-15(21)19-8-9-22-14(11-19)13-10-16-4-5-17-13/h2,4-6,10,14H,3,7-9,11H2,1H3/t14-/m1/s1. The van der Waals surface area contributed by atoms with Gasteiger partial charge in [-0.15, -0.1) is 0 Å². The monoisotopic (exact) mass is 301 g/mol. The predicted octanol–water partition coefficient (Wildman–Crippen LogP) is 0.972. The van der Waals surface area contributed by atoms with E-state index in [0.717, 1.165) is 11.4 Å². The highest BCUT2D eigenvalue weighted by atomic mass is 16.5. The van der Waals surface area contributed by atoms with Gasteiger partial charge in [0.25, 0.3) is 0 Å². The van der Waals surface area contributed by atoms with Gasteiger partial charge in [0.15, 0.2) is 0 Å².